The number of hydrogen-bond acceptors (Lipinski definition) is 6. The normalized spacial score (nSPS) is 13.1. The average molecular weight is 416 g/mol. The molecule has 3 rings (SSSR count). The largest absolute Gasteiger partial charge is 0.476 e. The maximum absolute atomic E-state index is 10.9. The van der Waals surface area contributed by atoms with Crippen molar-refractivity contribution in [3.8, 4) is 11.5 Å². The van der Waals surface area contributed by atoms with Gasteiger partial charge in [-0.1, -0.05) is 23.7 Å². The van der Waals surface area contributed by atoms with Gasteiger partial charge >= 0.3 is 5.97 Å². The zero-order valence-electron chi connectivity index (χ0n) is 15.8. The van der Waals surface area contributed by atoms with Crippen molar-refractivity contribution in [1.29, 1.82) is 0 Å². The van der Waals surface area contributed by atoms with E-state index in [1.807, 2.05) is 31.2 Å². The van der Waals surface area contributed by atoms with Crippen LogP contribution in [0.1, 0.15) is 29.1 Å². The fourth-order valence-corrected chi connectivity index (χ4v) is 2.92. The molecule has 0 saturated carbocycles. The van der Waals surface area contributed by atoms with Gasteiger partial charge in [0.15, 0.2) is 5.69 Å². The van der Waals surface area contributed by atoms with Crippen LogP contribution in [0.5, 0.6) is 0 Å². The molecule has 2 atom stereocenters. The number of carboxylic acids is 1. The van der Waals surface area contributed by atoms with Crippen molar-refractivity contribution in [1.82, 2.24) is 10.3 Å². The van der Waals surface area contributed by atoms with E-state index in [1.165, 1.54) is 0 Å². The number of aliphatic hydroxyl groups excluding tert-OH is 1. The lowest BCUT2D eigenvalue weighted by atomic mass is 10.1. The average Bonchev–Trinajstić information content (AvgIpc) is 3.21. The van der Waals surface area contributed by atoms with Gasteiger partial charge in [0.1, 0.15) is 6.26 Å². The summed E-state index contributed by atoms with van der Waals surface area (Å²) in [4.78, 5) is 14.8. The Hall–Kier alpha value is -2.87. The molecule has 0 fully saturated rings. The lowest BCUT2D eigenvalue weighted by Gasteiger charge is -2.18. The first kappa shape index (κ1) is 20.9. The van der Waals surface area contributed by atoms with Crippen molar-refractivity contribution in [3.05, 3.63) is 71.1 Å². The van der Waals surface area contributed by atoms with Crippen LogP contribution in [-0.2, 0) is 0 Å². The summed E-state index contributed by atoms with van der Waals surface area (Å²) in [5, 5.41) is 26.4. The first-order valence-electron chi connectivity index (χ1n) is 9.12. The number of oxazole rings is 1. The highest BCUT2D eigenvalue weighted by Crippen LogP contribution is 2.21. The van der Waals surface area contributed by atoms with Crippen molar-refractivity contribution in [3.63, 3.8) is 0 Å². The van der Waals surface area contributed by atoms with E-state index in [-0.39, 0.29) is 17.6 Å². The molecule has 3 aromatic rings. The van der Waals surface area contributed by atoms with Crippen molar-refractivity contribution in [2.75, 3.05) is 18.4 Å². The van der Waals surface area contributed by atoms with Crippen LogP contribution in [-0.4, -0.2) is 40.3 Å². The quantitative estimate of drug-likeness (QED) is 0.420. The molecule has 0 aliphatic rings. The zero-order valence-corrected chi connectivity index (χ0v) is 16.6. The van der Waals surface area contributed by atoms with Crippen LogP contribution >= 0.6 is 11.6 Å². The van der Waals surface area contributed by atoms with Gasteiger partial charge in [-0.3, -0.25) is 0 Å². The topological polar surface area (TPSA) is 108 Å². The van der Waals surface area contributed by atoms with Gasteiger partial charge in [0.2, 0.25) is 5.89 Å². The van der Waals surface area contributed by atoms with E-state index in [4.69, 9.17) is 21.1 Å². The Labute approximate surface area is 173 Å². The summed E-state index contributed by atoms with van der Waals surface area (Å²) in [6, 6.07) is 14.7. The summed E-state index contributed by atoms with van der Waals surface area (Å²) in [6.07, 6.45) is 0.488. The van der Waals surface area contributed by atoms with Crippen LogP contribution in [0.15, 0.2) is 59.2 Å². The molecule has 0 saturated heterocycles. The number of nitrogens with zero attached hydrogens (tertiary/aromatic N) is 1. The zero-order chi connectivity index (χ0) is 20.8. The number of carboxylic acid groups (broad SMARTS) is 1. The minimum atomic E-state index is -1.12. The molecule has 4 N–H and O–H groups in total. The highest BCUT2D eigenvalue weighted by molar-refractivity contribution is 6.30. The van der Waals surface area contributed by atoms with Crippen molar-refractivity contribution in [2.24, 2.45) is 0 Å². The van der Waals surface area contributed by atoms with Crippen molar-refractivity contribution >= 4 is 23.3 Å². The number of hydrogen-bond donors (Lipinski definition) is 4. The molecule has 1 heterocycles. The highest BCUT2D eigenvalue weighted by atomic mass is 35.5. The van der Waals surface area contributed by atoms with Crippen LogP contribution in [0.25, 0.3) is 11.5 Å². The van der Waals surface area contributed by atoms with E-state index in [9.17, 15) is 9.90 Å². The van der Waals surface area contributed by atoms with E-state index >= 15 is 0 Å². The molecule has 0 spiro atoms. The second-order valence-electron chi connectivity index (χ2n) is 6.68. The lowest BCUT2D eigenvalue weighted by molar-refractivity contribution is 0.0690. The Bertz CT molecular complexity index is 959. The number of aliphatic hydroxyl groups is 1. The maximum Gasteiger partial charge on any atom is 0.357 e. The molecule has 0 amide bonds. The second kappa shape index (κ2) is 9.56. The summed E-state index contributed by atoms with van der Waals surface area (Å²) >= 11 is 5.96. The van der Waals surface area contributed by atoms with Gasteiger partial charge in [-0.15, -0.1) is 0 Å². The Balaban J connectivity index is 1.47. The molecule has 0 radical (unpaired) electrons. The van der Waals surface area contributed by atoms with Crippen LogP contribution in [0, 0.1) is 0 Å². The Morgan fingerprint density at radius 1 is 1.21 bits per heavy atom. The third-order valence-corrected chi connectivity index (χ3v) is 4.60. The highest BCUT2D eigenvalue weighted by Gasteiger charge is 2.12. The molecule has 29 heavy (non-hydrogen) atoms. The summed E-state index contributed by atoms with van der Waals surface area (Å²) < 4.78 is 5.19. The molecule has 0 unspecified atom stereocenters. The van der Waals surface area contributed by atoms with Crippen LogP contribution < -0.4 is 10.6 Å². The van der Waals surface area contributed by atoms with Gasteiger partial charge in [-0.2, -0.15) is 0 Å². The SMILES string of the molecule is C[C@H](CNc1ccc(-c2nc(C(=O)O)co2)cc1)NC[C@H](O)c1cccc(Cl)c1. The number of anilines is 1. The molecule has 8 heteroatoms. The van der Waals surface area contributed by atoms with Gasteiger partial charge in [0.05, 0.1) is 6.10 Å². The van der Waals surface area contributed by atoms with Crippen molar-refractivity contribution < 1.29 is 19.4 Å². The fraction of sp³-hybridized carbons (Fsp3) is 0.238. The van der Waals surface area contributed by atoms with E-state index < -0.39 is 12.1 Å². The van der Waals surface area contributed by atoms with Gasteiger partial charge in [0.25, 0.3) is 0 Å². The first-order valence-corrected chi connectivity index (χ1v) is 9.50. The van der Waals surface area contributed by atoms with Gasteiger partial charge in [0, 0.05) is 35.4 Å². The van der Waals surface area contributed by atoms with Gasteiger partial charge in [-0.05, 0) is 48.9 Å². The third-order valence-electron chi connectivity index (χ3n) is 4.36. The number of aromatic carboxylic acids is 1. The third kappa shape index (κ3) is 5.80. The predicted molar refractivity (Wildman–Crippen MR) is 111 cm³/mol. The first-order chi connectivity index (χ1) is 13.9. The van der Waals surface area contributed by atoms with Crippen LogP contribution in [0.3, 0.4) is 0 Å². The number of aromatic nitrogens is 1. The minimum absolute atomic E-state index is 0.119. The minimum Gasteiger partial charge on any atom is -0.476 e. The smallest absolute Gasteiger partial charge is 0.357 e. The molecule has 0 bridgehead atoms. The molecule has 152 valence electrons. The molecule has 0 aliphatic carbocycles. The monoisotopic (exact) mass is 415 g/mol. The van der Waals surface area contributed by atoms with E-state index in [1.54, 1.807) is 24.3 Å². The number of carbonyl (C=O) groups is 1. The molecule has 7 nitrogen and oxygen atoms in total. The van der Waals surface area contributed by atoms with Gasteiger partial charge in [-0.25, -0.2) is 9.78 Å². The van der Waals surface area contributed by atoms with E-state index in [0.29, 0.717) is 23.7 Å². The number of benzene rings is 2. The molecule has 2 aromatic carbocycles. The predicted octanol–water partition coefficient (Wildman–Crippen LogP) is 3.82. The molecule has 0 aliphatic heterocycles. The molecular weight excluding hydrogens is 394 g/mol. The van der Waals surface area contributed by atoms with E-state index in [2.05, 4.69) is 15.6 Å². The summed E-state index contributed by atoms with van der Waals surface area (Å²) in [5.74, 6) is -0.862. The molecular formula is C21H22ClN3O4. The fourth-order valence-electron chi connectivity index (χ4n) is 2.72. The van der Waals surface area contributed by atoms with Crippen LogP contribution in [0.4, 0.5) is 5.69 Å². The van der Waals surface area contributed by atoms with Gasteiger partial charge < -0.3 is 25.3 Å². The standard InChI is InChI=1S/C21H22ClN3O4/c1-13(23-11-19(26)15-3-2-4-16(22)9-15)10-24-17-7-5-14(6-8-17)20-25-18(12-29-20)21(27)28/h2-9,12-13,19,23-24,26H,10-11H2,1H3,(H,27,28)/t13-,19+/m1/s1. The summed E-state index contributed by atoms with van der Waals surface area (Å²) in [5.41, 5.74) is 2.25. The Kier molecular flexibility index (Phi) is 6.87. The number of halogens is 1. The van der Waals surface area contributed by atoms with Crippen molar-refractivity contribution in [2.45, 2.75) is 19.1 Å². The Morgan fingerprint density at radius 2 is 1.97 bits per heavy atom. The lowest BCUT2D eigenvalue weighted by Crippen LogP contribution is -2.35. The number of rotatable bonds is 9. The summed E-state index contributed by atoms with van der Waals surface area (Å²) in [6.45, 7) is 3.09. The molecule has 1 aromatic heterocycles. The Morgan fingerprint density at radius 3 is 2.62 bits per heavy atom. The maximum atomic E-state index is 10.9. The number of nitrogens with one attached hydrogen (secondary N) is 2. The van der Waals surface area contributed by atoms with E-state index in [0.717, 1.165) is 17.5 Å². The summed E-state index contributed by atoms with van der Waals surface area (Å²) in [7, 11) is 0. The van der Waals surface area contributed by atoms with Crippen LogP contribution in [0.2, 0.25) is 5.02 Å². The second-order valence-corrected chi connectivity index (χ2v) is 7.12.